The molecule has 21 heavy (non-hydrogen) atoms. The molecule has 3 rings (SSSR count). The lowest BCUT2D eigenvalue weighted by Gasteiger charge is -2.06. The number of rotatable bonds is 2. The highest BCUT2D eigenvalue weighted by Gasteiger charge is 2.36. The minimum Gasteiger partial charge on any atom is -0.268 e. The van der Waals surface area contributed by atoms with Crippen LogP contribution in [0.4, 0.5) is 0 Å². The molecule has 0 bridgehead atoms. The van der Waals surface area contributed by atoms with Gasteiger partial charge in [-0.05, 0) is 55.0 Å². The normalized spacial score (nSPS) is 14.3. The quantitative estimate of drug-likeness (QED) is 0.787. The molecule has 0 saturated carbocycles. The number of fused-ring (bicyclic) bond motifs is 1. The van der Waals surface area contributed by atoms with Crippen LogP contribution in [0.2, 0.25) is 0 Å². The van der Waals surface area contributed by atoms with Gasteiger partial charge in [0.05, 0.1) is 11.1 Å². The number of aryl methyl sites for hydroxylation is 3. The first kappa shape index (κ1) is 13.8. The Balaban J connectivity index is 1.99. The lowest BCUT2D eigenvalue weighted by Crippen LogP contribution is -2.23. The van der Waals surface area contributed by atoms with Gasteiger partial charge in [0.2, 0.25) is 0 Å². The van der Waals surface area contributed by atoms with Crippen molar-refractivity contribution >= 4 is 29.2 Å². The maximum Gasteiger partial charge on any atom is 0.265 e. The lowest BCUT2D eigenvalue weighted by molar-refractivity contribution is 0.0722. The molecule has 0 N–H and O–H groups in total. The fraction of sp³-hybridized carbons (Fsp3) is 0.176. The van der Waals surface area contributed by atoms with E-state index in [9.17, 15) is 9.59 Å². The summed E-state index contributed by atoms with van der Waals surface area (Å²) < 4.78 is 0. The average molecular weight is 297 g/mol. The molecule has 106 valence electrons. The topological polar surface area (TPSA) is 37.4 Å². The monoisotopic (exact) mass is 297 g/mol. The molecule has 0 unspecified atom stereocenters. The van der Waals surface area contributed by atoms with Crippen LogP contribution in [0.3, 0.4) is 0 Å². The second kappa shape index (κ2) is 4.97. The second-order valence-electron chi connectivity index (χ2n) is 5.24. The third kappa shape index (κ3) is 2.21. The molecule has 0 saturated heterocycles. The van der Waals surface area contributed by atoms with Crippen molar-refractivity contribution in [3.05, 3.63) is 62.5 Å². The number of hydrogen-bond acceptors (Lipinski definition) is 3. The number of imide groups is 1. The Hall–Kier alpha value is -2.20. The van der Waals surface area contributed by atoms with Crippen LogP contribution in [0.1, 0.15) is 42.3 Å². The largest absolute Gasteiger partial charge is 0.268 e. The van der Waals surface area contributed by atoms with Crippen LogP contribution < -0.4 is 0 Å². The van der Waals surface area contributed by atoms with Gasteiger partial charge >= 0.3 is 0 Å². The van der Waals surface area contributed by atoms with E-state index in [1.54, 1.807) is 23.6 Å². The van der Waals surface area contributed by atoms with Crippen LogP contribution in [0.25, 0.3) is 6.08 Å². The minimum atomic E-state index is -0.237. The molecule has 0 aliphatic carbocycles. The zero-order valence-corrected chi connectivity index (χ0v) is 13.0. The molecule has 2 heterocycles. The summed E-state index contributed by atoms with van der Waals surface area (Å²) in [4.78, 5) is 27.3. The summed E-state index contributed by atoms with van der Waals surface area (Å²) in [5.74, 6) is -0.473. The summed E-state index contributed by atoms with van der Waals surface area (Å²) in [5, 5.41) is 2.00. The van der Waals surface area contributed by atoms with Gasteiger partial charge in [0.15, 0.2) is 0 Å². The molecule has 0 spiro atoms. The van der Waals surface area contributed by atoms with Crippen LogP contribution in [0.15, 0.2) is 29.8 Å². The number of nitrogens with zero attached hydrogens (tertiary/aromatic N) is 1. The van der Waals surface area contributed by atoms with Crippen LogP contribution in [0.5, 0.6) is 0 Å². The van der Waals surface area contributed by atoms with Gasteiger partial charge in [0.25, 0.3) is 11.8 Å². The number of benzene rings is 1. The Labute approximate surface area is 127 Å². The first-order valence-electron chi connectivity index (χ1n) is 6.70. The second-order valence-corrected chi connectivity index (χ2v) is 6.35. The third-order valence-electron chi connectivity index (χ3n) is 3.65. The van der Waals surface area contributed by atoms with E-state index in [0.29, 0.717) is 11.1 Å². The van der Waals surface area contributed by atoms with Crippen molar-refractivity contribution in [2.75, 3.05) is 0 Å². The van der Waals surface area contributed by atoms with Crippen LogP contribution >= 0.6 is 11.3 Å². The van der Waals surface area contributed by atoms with E-state index in [4.69, 9.17) is 0 Å². The molecule has 0 radical (unpaired) electrons. The number of carbonyl (C=O) groups excluding carboxylic acids is 2. The predicted octanol–water partition coefficient (Wildman–Crippen LogP) is 3.94. The van der Waals surface area contributed by atoms with Crippen molar-refractivity contribution in [2.45, 2.75) is 20.8 Å². The van der Waals surface area contributed by atoms with Gasteiger partial charge in [-0.2, -0.15) is 0 Å². The first-order valence-corrected chi connectivity index (χ1v) is 7.58. The summed E-state index contributed by atoms with van der Waals surface area (Å²) in [6.45, 7) is 5.74. The lowest BCUT2D eigenvalue weighted by atomic mass is 9.99. The molecular formula is C17H15NO2S. The molecule has 0 atom stereocenters. The SMILES string of the molecule is Cc1cc(/C=C/N2C(=O)c3c(C)ccc(C)c3C2=O)cs1. The fourth-order valence-corrected chi connectivity index (χ4v) is 3.22. The maximum absolute atomic E-state index is 12.5. The van der Waals surface area contributed by atoms with E-state index >= 15 is 0 Å². The van der Waals surface area contributed by atoms with Crippen LogP contribution in [0, 0.1) is 20.8 Å². The molecule has 2 amide bonds. The standard InChI is InChI=1S/C17H15NO2S/c1-10-4-5-11(2)15-14(10)16(19)18(17(15)20)7-6-13-8-12(3)21-9-13/h4-9H,1-3H3/b7-6+. The van der Waals surface area contributed by atoms with E-state index in [1.165, 1.54) is 9.78 Å². The highest BCUT2D eigenvalue weighted by molar-refractivity contribution is 7.10. The highest BCUT2D eigenvalue weighted by atomic mass is 32.1. The number of thiophene rings is 1. The van der Waals surface area contributed by atoms with E-state index in [1.807, 2.05) is 44.4 Å². The summed E-state index contributed by atoms with van der Waals surface area (Å²) in [6, 6.07) is 5.79. The van der Waals surface area contributed by atoms with Crippen molar-refractivity contribution < 1.29 is 9.59 Å². The summed E-state index contributed by atoms with van der Waals surface area (Å²) in [7, 11) is 0. The van der Waals surface area contributed by atoms with E-state index in [-0.39, 0.29) is 11.8 Å². The molecule has 1 aromatic heterocycles. The smallest absolute Gasteiger partial charge is 0.265 e. The number of hydrogen-bond donors (Lipinski definition) is 0. The Morgan fingerprint density at radius 1 is 1.00 bits per heavy atom. The Kier molecular flexibility index (Phi) is 3.26. The van der Waals surface area contributed by atoms with Crippen molar-refractivity contribution in [1.82, 2.24) is 4.90 Å². The predicted molar refractivity (Wildman–Crippen MR) is 84.5 cm³/mol. The summed E-state index contributed by atoms with van der Waals surface area (Å²) in [5.41, 5.74) is 3.76. The zero-order valence-electron chi connectivity index (χ0n) is 12.1. The average Bonchev–Trinajstić information content (AvgIpc) is 2.96. The van der Waals surface area contributed by atoms with Gasteiger partial charge in [-0.15, -0.1) is 11.3 Å². The molecule has 3 nitrogen and oxygen atoms in total. The molecule has 1 aromatic carbocycles. The van der Waals surface area contributed by atoms with Crippen molar-refractivity contribution in [3.63, 3.8) is 0 Å². The van der Waals surface area contributed by atoms with Gasteiger partial charge in [-0.25, -0.2) is 4.90 Å². The van der Waals surface area contributed by atoms with E-state index in [0.717, 1.165) is 16.7 Å². The van der Waals surface area contributed by atoms with Gasteiger partial charge in [0, 0.05) is 11.1 Å². The zero-order chi connectivity index (χ0) is 15.1. The Morgan fingerprint density at radius 3 is 2.05 bits per heavy atom. The van der Waals surface area contributed by atoms with Crippen LogP contribution in [-0.4, -0.2) is 16.7 Å². The molecule has 1 aliphatic rings. The molecule has 1 aliphatic heterocycles. The molecule has 4 heteroatoms. The van der Waals surface area contributed by atoms with E-state index in [2.05, 4.69) is 0 Å². The maximum atomic E-state index is 12.5. The summed E-state index contributed by atoms with van der Waals surface area (Å²) >= 11 is 1.64. The molecule has 0 fully saturated rings. The first-order chi connectivity index (χ1) is 9.99. The van der Waals surface area contributed by atoms with Crippen LogP contribution in [-0.2, 0) is 0 Å². The van der Waals surface area contributed by atoms with Crippen molar-refractivity contribution in [1.29, 1.82) is 0 Å². The van der Waals surface area contributed by atoms with Crippen molar-refractivity contribution in [2.24, 2.45) is 0 Å². The Bertz CT molecular complexity index is 745. The highest BCUT2D eigenvalue weighted by Crippen LogP contribution is 2.29. The van der Waals surface area contributed by atoms with Gasteiger partial charge < -0.3 is 0 Å². The van der Waals surface area contributed by atoms with E-state index < -0.39 is 0 Å². The van der Waals surface area contributed by atoms with Gasteiger partial charge in [-0.3, -0.25) is 9.59 Å². The molecule has 2 aromatic rings. The number of carbonyl (C=O) groups is 2. The van der Waals surface area contributed by atoms with Gasteiger partial charge in [-0.1, -0.05) is 12.1 Å². The van der Waals surface area contributed by atoms with Crippen molar-refractivity contribution in [3.8, 4) is 0 Å². The van der Waals surface area contributed by atoms with Gasteiger partial charge in [0.1, 0.15) is 0 Å². The summed E-state index contributed by atoms with van der Waals surface area (Å²) in [6.07, 6.45) is 3.38. The number of amides is 2. The minimum absolute atomic E-state index is 0.237. The Morgan fingerprint density at radius 2 is 1.57 bits per heavy atom. The third-order valence-corrected chi connectivity index (χ3v) is 4.53. The molecular weight excluding hydrogens is 282 g/mol. The fourth-order valence-electron chi connectivity index (χ4n) is 2.54.